The highest BCUT2D eigenvalue weighted by atomic mass is 31.2. The van der Waals surface area contributed by atoms with Crippen LogP contribution in [0.2, 0.25) is 0 Å². The number of amides is 1. The molecule has 1 fully saturated rings. The molecule has 14 heteroatoms. The first-order chi connectivity index (χ1) is 27.3. The van der Waals surface area contributed by atoms with Crippen LogP contribution in [0.5, 0.6) is 0 Å². The van der Waals surface area contributed by atoms with Crippen LogP contribution in [-0.4, -0.2) is 108 Å². The Bertz CT molecular complexity index is 1170. The fraction of sp³-hybridized carbons (Fsp3) is 0.791. The highest BCUT2D eigenvalue weighted by Gasteiger charge is 2.51. The molecule has 1 aliphatic carbocycles. The van der Waals surface area contributed by atoms with Crippen molar-refractivity contribution in [2.45, 2.75) is 210 Å². The lowest BCUT2D eigenvalue weighted by Crippen LogP contribution is -2.64. The predicted octanol–water partition coefficient (Wildman–Crippen LogP) is 6.36. The molecule has 0 radical (unpaired) electrons. The number of carbonyl (C=O) groups excluding carboxylic acids is 1. The SMILES string of the molecule is CCCCCC/C=C\CC(O)CC(=O)NC(COP(=O)(O)OC1C(O)C(O)C(O)C(O)C1O)C(O)/C=C/CC/C=C/CC/C=C/CCCCCCCCCCCC. The molecule has 13 nitrogen and oxygen atoms in total. The fourth-order valence-corrected chi connectivity index (χ4v) is 7.47. The van der Waals surface area contributed by atoms with E-state index in [9.17, 15) is 50.0 Å². The maximum Gasteiger partial charge on any atom is 0.472 e. The Balaban J connectivity index is 2.60. The number of aliphatic hydroxyl groups is 7. The van der Waals surface area contributed by atoms with Crippen LogP contribution >= 0.6 is 7.82 Å². The zero-order valence-electron chi connectivity index (χ0n) is 34.7. The van der Waals surface area contributed by atoms with Gasteiger partial charge in [-0.3, -0.25) is 13.8 Å². The molecule has 0 aromatic heterocycles. The van der Waals surface area contributed by atoms with Crippen molar-refractivity contribution in [1.29, 1.82) is 0 Å². The molecule has 332 valence electrons. The normalized spacial score (nSPS) is 24.5. The van der Waals surface area contributed by atoms with Crippen LogP contribution in [0.3, 0.4) is 0 Å². The number of nitrogens with one attached hydrogen (secondary N) is 1. The van der Waals surface area contributed by atoms with Crippen molar-refractivity contribution in [2.75, 3.05) is 6.61 Å². The summed E-state index contributed by atoms with van der Waals surface area (Å²) < 4.78 is 22.7. The quantitative estimate of drug-likeness (QED) is 0.0196. The van der Waals surface area contributed by atoms with Crippen molar-refractivity contribution in [3.8, 4) is 0 Å². The zero-order chi connectivity index (χ0) is 42.3. The Labute approximate surface area is 342 Å². The van der Waals surface area contributed by atoms with Gasteiger partial charge in [0.2, 0.25) is 5.91 Å². The summed E-state index contributed by atoms with van der Waals surface area (Å²) in [4.78, 5) is 23.2. The number of phosphoric acid groups is 1. The summed E-state index contributed by atoms with van der Waals surface area (Å²) in [6, 6.07) is -1.28. The number of rotatable bonds is 34. The van der Waals surface area contributed by atoms with E-state index in [0.29, 0.717) is 12.8 Å². The van der Waals surface area contributed by atoms with Gasteiger partial charge in [0, 0.05) is 0 Å². The minimum absolute atomic E-state index is 0.242. The van der Waals surface area contributed by atoms with Crippen molar-refractivity contribution in [3.63, 3.8) is 0 Å². The third kappa shape index (κ3) is 25.5. The molecule has 1 rings (SSSR count). The van der Waals surface area contributed by atoms with Gasteiger partial charge >= 0.3 is 7.82 Å². The molecule has 9 N–H and O–H groups in total. The molecule has 8 unspecified atom stereocenters. The zero-order valence-corrected chi connectivity index (χ0v) is 35.6. The Morgan fingerprint density at radius 2 is 1.04 bits per heavy atom. The van der Waals surface area contributed by atoms with Crippen molar-refractivity contribution >= 4 is 13.7 Å². The molecule has 1 saturated carbocycles. The molecule has 0 aromatic rings. The summed E-state index contributed by atoms with van der Waals surface area (Å²) in [6.45, 7) is 3.62. The summed E-state index contributed by atoms with van der Waals surface area (Å²) in [5.41, 5.74) is 0. The van der Waals surface area contributed by atoms with Gasteiger partial charge in [0.05, 0.1) is 31.3 Å². The molecule has 1 aliphatic rings. The van der Waals surface area contributed by atoms with Crippen LogP contribution < -0.4 is 5.32 Å². The average Bonchev–Trinajstić information content (AvgIpc) is 3.18. The van der Waals surface area contributed by atoms with E-state index in [-0.39, 0.29) is 12.8 Å². The van der Waals surface area contributed by atoms with Gasteiger partial charge in [0.15, 0.2) is 0 Å². The summed E-state index contributed by atoms with van der Waals surface area (Å²) in [5, 5.41) is 74.0. The number of unbranched alkanes of at least 4 members (excludes halogenated alkanes) is 16. The van der Waals surface area contributed by atoms with E-state index in [1.54, 1.807) is 6.08 Å². The van der Waals surface area contributed by atoms with Gasteiger partial charge in [-0.25, -0.2) is 4.57 Å². The Hall–Kier alpha value is -1.74. The smallest absolute Gasteiger partial charge is 0.392 e. The summed E-state index contributed by atoms with van der Waals surface area (Å²) in [7, 11) is -5.15. The van der Waals surface area contributed by atoms with Gasteiger partial charge in [-0.05, 0) is 57.8 Å². The molecule has 0 saturated heterocycles. The molecular formula is C43H78NO12P. The Morgan fingerprint density at radius 1 is 0.614 bits per heavy atom. The van der Waals surface area contributed by atoms with Crippen LogP contribution in [-0.2, 0) is 18.4 Å². The first-order valence-electron chi connectivity index (χ1n) is 21.7. The van der Waals surface area contributed by atoms with Gasteiger partial charge in [0.1, 0.15) is 36.6 Å². The maximum absolute atomic E-state index is 12.9. The minimum atomic E-state index is -5.15. The number of allylic oxidation sites excluding steroid dienone is 6. The van der Waals surface area contributed by atoms with Crippen LogP contribution in [0.25, 0.3) is 0 Å². The molecule has 0 spiro atoms. The Morgan fingerprint density at radius 3 is 1.56 bits per heavy atom. The van der Waals surface area contributed by atoms with Crippen LogP contribution in [0.4, 0.5) is 0 Å². The molecule has 57 heavy (non-hydrogen) atoms. The molecule has 1 amide bonds. The van der Waals surface area contributed by atoms with E-state index in [4.69, 9.17) is 9.05 Å². The predicted molar refractivity (Wildman–Crippen MR) is 224 cm³/mol. The van der Waals surface area contributed by atoms with Gasteiger partial charge in [-0.1, -0.05) is 140 Å². The second-order valence-electron chi connectivity index (χ2n) is 15.4. The fourth-order valence-electron chi connectivity index (χ4n) is 6.50. The maximum atomic E-state index is 12.9. The van der Waals surface area contributed by atoms with Crippen molar-refractivity contribution in [2.24, 2.45) is 0 Å². The Kier molecular flexibility index (Phi) is 30.9. The molecule has 0 aliphatic heterocycles. The summed E-state index contributed by atoms with van der Waals surface area (Å²) in [6.07, 6.45) is 24.0. The topological polar surface area (TPSA) is 226 Å². The van der Waals surface area contributed by atoms with Gasteiger partial charge in [-0.2, -0.15) is 0 Å². The second kappa shape index (κ2) is 33.0. The van der Waals surface area contributed by atoms with Crippen LogP contribution in [0, 0.1) is 0 Å². The third-order valence-corrected chi connectivity index (χ3v) is 11.1. The highest BCUT2D eigenvalue weighted by molar-refractivity contribution is 7.47. The monoisotopic (exact) mass is 832 g/mol. The summed E-state index contributed by atoms with van der Waals surface area (Å²) in [5.74, 6) is -0.646. The van der Waals surface area contributed by atoms with Crippen molar-refractivity contribution in [3.05, 3.63) is 48.6 Å². The number of phosphoric ester groups is 1. The lowest BCUT2D eigenvalue weighted by Gasteiger charge is -2.41. The number of carbonyl (C=O) groups is 1. The molecule has 0 bridgehead atoms. The van der Waals surface area contributed by atoms with Gasteiger partial charge in [-0.15, -0.1) is 0 Å². The molecule has 8 atom stereocenters. The number of aliphatic hydroxyl groups excluding tert-OH is 7. The van der Waals surface area contributed by atoms with Crippen LogP contribution in [0.15, 0.2) is 48.6 Å². The van der Waals surface area contributed by atoms with E-state index in [1.807, 2.05) is 12.2 Å². The largest absolute Gasteiger partial charge is 0.472 e. The molecule has 0 heterocycles. The van der Waals surface area contributed by atoms with Crippen molar-refractivity contribution < 1.29 is 59.0 Å². The first kappa shape index (κ1) is 53.3. The summed E-state index contributed by atoms with van der Waals surface area (Å²) >= 11 is 0. The van der Waals surface area contributed by atoms with Crippen molar-refractivity contribution in [1.82, 2.24) is 5.32 Å². The van der Waals surface area contributed by atoms with E-state index in [2.05, 4.69) is 43.5 Å². The highest BCUT2D eigenvalue weighted by Crippen LogP contribution is 2.47. The standard InChI is InChI=1S/C43H78NO12P/c1-3-5-7-9-11-12-13-14-15-16-17-18-19-20-21-22-23-25-27-29-31-36(46)35(44-37(47)32-34(45)30-28-26-24-10-8-6-4-2)33-55-57(53,54)56-43-41(51)39(49)38(48)40(50)42(43)52/h18-19,22-23,26,28-29,31,34-36,38-43,45-46,48-52H,3-17,20-21,24-25,27,30,32-33H2,1-2H3,(H,44,47)(H,53,54)/b19-18+,23-22+,28-26-,31-29+. The minimum Gasteiger partial charge on any atom is -0.392 e. The van der Waals surface area contributed by atoms with E-state index >= 15 is 0 Å². The van der Waals surface area contributed by atoms with E-state index in [0.717, 1.165) is 51.4 Å². The van der Waals surface area contributed by atoms with Gasteiger partial charge in [0.25, 0.3) is 0 Å². The third-order valence-electron chi connectivity index (χ3n) is 10.1. The lowest BCUT2D eigenvalue weighted by molar-refractivity contribution is -0.220. The molecular weight excluding hydrogens is 753 g/mol. The molecule has 0 aromatic carbocycles. The first-order valence-corrected chi connectivity index (χ1v) is 23.2. The number of hydrogen-bond donors (Lipinski definition) is 9. The number of hydrogen-bond acceptors (Lipinski definition) is 11. The van der Waals surface area contributed by atoms with E-state index in [1.165, 1.54) is 70.3 Å². The average molecular weight is 832 g/mol. The second-order valence-corrected chi connectivity index (χ2v) is 16.8. The van der Waals surface area contributed by atoms with E-state index < -0.39 is 75.2 Å². The lowest BCUT2D eigenvalue weighted by atomic mass is 9.85. The van der Waals surface area contributed by atoms with Gasteiger partial charge < -0.3 is 46.0 Å². The van der Waals surface area contributed by atoms with Crippen LogP contribution in [0.1, 0.15) is 155 Å².